The molecule has 0 spiro atoms. The third-order valence-corrected chi connectivity index (χ3v) is 3.24. The van der Waals surface area contributed by atoms with Crippen molar-refractivity contribution < 1.29 is 14.7 Å². The van der Waals surface area contributed by atoms with Crippen molar-refractivity contribution in [1.29, 1.82) is 0 Å². The highest BCUT2D eigenvalue weighted by Crippen LogP contribution is 2.30. The van der Waals surface area contributed by atoms with Gasteiger partial charge in [-0.2, -0.15) is 0 Å². The molecule has 2 rings (SSSR count). The molecule has 0 radical (unpaired) electrons. The maximum atomic E-state index is 11.9. The number of carbonyl (C=O) groups excluding carboxylic acids is 1. The highest BCUT2D eigenvalue weighted by Gasteiger charge is 2.23. The summed E-state index contributed by atoms with van der Waals surface area (Å²) in [6.45, 7) is 4.12. The number of carbonyl (C=O) groups is 1. The van der Waals surface area contributed by atoms with Crippen LogP contribution < -0.4 is 10.2 Å². The van der Waals surface area contributed by atoms with Crippen LogP contribution >= 0.6 is 0 Å². The van der Waals surface area contributed by atoms with Gasteiger partial charge in [-0.25, -0.2) is 5.48 Å². The van der Waals surface area contributed by atoms with Crippen LogP contribution in [0.3, 0.4) is 0 Å². The van der Waals surface area contributed by atoms with Crippen LogP contribution in [0.2, 0.25) is 0 Å². The summed E-state index contributed by atoms with van der Waals surface area (Å²) in [6.07, 6.45) is -0.892. The molecule has 0 fully saturated rings. The summed E-state index contributed by atoms with van der Waals surface area (Å²) in [5, 5.41) is 8.94. The number of hydrogen-bond acceptors (Lipinski definition) is 3. The van der Waals surface area contributed by atoms with Gasteiger partial charge in [0.05, 0.1) is 0 Å². The highest BCUT2D eigenvalue weighted by atomic mass is 16.5. The number of benzene rings is 2. The summed E-state index contributed by atoms with van der Waals surface area (Å²) in [6, 6.07) is 16.7. The molecule has 0 aliphatic carbocycles. The molecular formula is C17H19NO3. The molecule has 4 heteroatoms. The Morgan fingerprint density at radius 1 is 1.05 bits per heavy atom. The number of hydroxylamine groups is 1. The lowest BCUT2D eigenvalue weighted by molar-refractivity contribution is -0.136. The number of para-hydroxylation sites is 1. The van der Waals surface area contributed by atoms with Gasteiger partial charge in [0.15, 0.2) is 0 Å². The fourth-order valence-electron chi connectivity index (χ4n) is 2.15. The van der Waals surface area contributed by atoms with Crippen LogP contribution in [-0.4, -0.2) is 11.1 Å². The summed E-state index contributed by atoms with van der Waals surface area (Å²) in [5.41, 5.74) is 3.37. The van der Waals surface area contributed by atoms with Gasteiger partial charge in [-0.1, -0.05) is 62.4 Å². The molecule has 2 aromatic carbocycles. The first kappa shape index (κ1) is 15.1. The predicted molar refractivity (Wildman–Crippen MR) is 80.3 cm³/mol. The van der Waals surface area contributed by atoms with E-state index in [0.717, 1.165) is 5.56 Å². The number of rotatable bonds is 5. The van der Waals surface area contributed by atoms with Crippen LogP contribution in [0.25, 0.3) is 0 Å². The van der Waals surface area contributed by atoms with Crippen molar-refractivity contribution in [2.24, 2.45) is 0 Å². The summed E-state index contributed by atoms with van der Waals surface area (Å²) in [7, 11) is 0. The first-order valence-corrected chi connectivity index (χ1v) is 6.88. The molecule has 110 valence electrons. The molecule has 0 aliphatic rings. The van der Waals surface area contributed by atoms with E-state index in [0.29, 0.717) is 11.3 Å². The molecule has 0 saturated carbocycles. The number of hydrogen-bond donors (Lipinski definition) is 2. The molecule has 1 atom stereocenters. The van der Waals surface area contributed by atoms with Crippen molar-refractivity contribution >= 4 is 5.91 Å². The van der Waals surface area contributed by atoms with Gasteiger partial charge in [0.1, 0.15) is 5.75 Å². The van der Waals surface area contributed by atoms with Crippen LogP contribution in [0.15, 0.2) is 54.6 Å². The van der Waals surface area contributed by atoms with Crippen LogP contribution in [-0.2, 0) is 4.79 Å². The zero-order valence-corrected chi connectivity index (χ0v) is 12.1. The summed E-state index contributed by atoms with van der Waals surface area (Å²) >= 11 is 0. The van der Waals surface area contributed by atoms with Gasteiger partial charge in [0, 0.05) is 5.56 Å². The monoisotopic (exact) mass is 285 g/mol. The average Bonchev–Trinajstić information content (AvgIpc) is 2.53. The van der Waals surface area contributed by atoms with E-state index in [4.69, 9.17) is 9.94 Å². The Balaban J connectivity index is 2.34. The summed E-state index contributed by atoms with van der Waals surface area (Å²) < 4.78 is 5.87. The zero-order valence-electron chi connectivity index (χ0n) is 12.1. The van der Waals surface area contributed by atoms with E-state index in [1.807, 2.05) is 42.5 Å². The van der Waals surface area contributed by atoms with Crippen LogP contribution in [0.4, 0.5) is 0 Å². The first-order chi connectivity index (χ1) is 10.1. The quantitative estimate of drug-likeness (QED) is 0.653. The average molecular weight is 285 g/mol. The van der Waals surface area contributed by atoms with Gasteiger partial charge >= 0.3 is 0 Å². The molecule has 4 nitrogen and oxygen atoms in total. The molecule has 0 heterocycles. The van der Waals surface area contributed by atoms with E-state index in [2.05, 4.69) is 13.8 Å². The van der Waals surface area contributed by atoms with E-state index in [1.54, 1.807) is 17.6 Å². The number of nitrogens with one attached hydrogen (secondary N) is 1. The molecule has 2 aromatic rings. The Kier molecular flexibility index (Phi) is 4.95. The maximum Gasteiger partial charge on any atom is 0.289 e. The Labute approximate surface area is 124 Å². The molecule has 0 bridgehead atoms. The van der Waals surface area contributed by atoms with Crippen LogP contribution in [0, 0.1) is 0 Å². The SMILES string of the molecule is CC(C)c1ccccc1OC(C(=O)NO)c1ccccc1. The minimum Gasteiger partial charge on any atom is -0.475 e. The number of amides is 1. The maximum absolute atomic E-state index is 11.9. The van der Waals surface area contributed by atoms with Crippen molar-refractivity contribution in [3.63, 3.8) is 0 Å². The van der Waals surface area contributed by atoms with E-state index in [1.165, 1.54) is 0 Å². The largest absolute Gasteiger partial charge is 0.475 e. The molecular weight excluding hydrogens is 266 g/mol. The molecule has 0 aliphatic heterocycles. The lowest BCUT2D eigenvalue weighted by Gasteiger charge is -2.20. The van der Waals surface area contributed by atoms with Crippen molar-refractivity contribution in [2.45, 2.75) is 25.9 Å². The van der Waals surface area contributed by atoms with Crippen molar-refractivity contribution in [1.82, 2.24) is 5.48 Å². The fourth-order valence-corrected chi connectivity index (χ4v) is 2.15. The standard InChI is InChI=1S/C17H19NO3/c1-12(2)14-10-6-7-11-15(14)21-16(17(19)18-20)13-8-4-3-5-9-13/h3-12,16,20H,1-2H3,(H,18,19). The Hall–Kier alpha value is -2.33. The molecule has 21 heavy (non-hydrogen) atoms. The first-order valence-electron chi connectivity index (χ1n) is 6.88. The van der Waals surface area contributed by atoms with Gasteiger partial charge in [-0.05, 0) is 17.5 Å². The van der Waals surface area contributed by atoms with E-state index >= 15 is 0 Å². The smallest absolute Gasteiger partial charge is 0.289 e. The third kappa shape index (κ3) is 3.61. The van der Waals surface area contributed by atoms with E-state index in [-0.39, 0.29) is 5.92 Å². The normalized spacial score (nSPS) is 12.0. The van der Waals surface area contributed by atoms with Gasteiger partial charge < -0.3 is 4.74 Å². The molecule has 0 aromatic heterocycles. The zero-order chi connectivity index (χ0) is 15.2. The lowest BCUT2D eigenvalue weighted by Crippen LogP contribution is -2.30. The Morgan fingerprint density at radius 2 is 1.67 bits per heavy atom. The summed E-state index contributed by atoms with van der Waals surface area (Å²) in [4.78, 5) is 11.9. The number of ether oxygens (including phenoxy) is 1. The highest BCUT2D eigenvalue weighted by molar-refractivity contribution is 5.81. The minimum atomic E-state index is -0.892. The fraction of sp³-hybridized carbons (Fsp3) is 0.235. The molecule has 1 unspecified atom stereocenters. The van der Waals surface area contributed by atoms with Gasteiger partial charge in [0.2, 0.25) is 6.10 Å². The van der Waals surface area contributed by atoms with Gasteiger partial charge in [-0.3, -0.25) is 10.0 Å². The Morgan fingerprint density at radius 3 is 2.29 bits per heavy atom. The summed E-state index contributed by atoms with van der Waals surface area (Å²) in [5.74, 6) is 0.319. The van der Waals surface area contributed by atoms with E-state index in [9.17, 15) is 4.79 Å². The van der Waals surface area contributed by atoms with Crippen molar-refractivity contribution in [3.05, 3.63) is 65.7 Å². The minimum absolute atomic E-state index is 0.273. The lowest BCUT2D eigenvalue weighted by atomic mass is 10.0. The van der Waals surface area contributed by atoms with Crippen molar-refractivity contribution in [3.8, 4) is 5.75 Å². The van der Waals surface area contributed by atoms with Crippen LogP contribution in [0.5, 0.6) is 5.75 Å². The van der Waals surface area contributed by atoms with Crippen LogP contribution in [0.1, 0.15) is 37.0 Å². The van der Waals surface area contributed by atoms with Gasteiger partial charge in [0.25, 0.3) is 5.91 Å². The molecule has 1 amide bonds. The van der Waals surface area contributed by atoms with Crippen molar-refractivity contribution in [2.75, 3.05) is 0 Å². The Bertz CT molecular complexity index is 596. The van der Waals surface area contributed by atoms with Gasteiger partial charge in [-0.15, -0.1) is 0 Å². The topological polar surface area (TPSA) is 58.6 Å². The predicted octanol–water partition coefficient (Wildman–Crippen LogP) is 3.44. The third-order valence-electron chi connectivity index (χ3n) is 3.24. The second kappa shape index (κ2) is 6.90. The molecule has 2 N–H and O–H groups in total. The molecule has 0 saturated heterocycles. The second-order valence-electron chi connectivity index (χ2n) is 5.08. The second-order valence-corrected chi connectivity index (χ2v) is 5.08. The van der Waals surface area contributed by atoms with E-state index < -0.39 is 12.0 Å².